The summed E-state index contributed by atoms with van der Waals surface area (Å²) < 4.78 is 10.5. The molecule has 1 amide bonds. The molecule has 0 bridgehead atoms. The van der Waals surface area contributed by atoms with Crippen molar-refractivity contribution in [3.63, 3.8) is 0 Å². The van der Waals surface area contributed by atoms with Crippen molar-refractivity contribution in [2.24, 2.45) is 0 Å². The number of nitrogens with one attached hydrogen (secondary N) is 2. The summed E-state index contributed by atoms with van der Waals surface area (Å²) in [6.45, 7) is 3.55. The van der Waals surface area contributed by atoms with E-state index in [1.807, 2.05) is 42.5 Å². The first-order valence-electron chi connectivity index (χ1n) is 8.92. The summed E-state index contributed by atoms with van der Waals surface area (Å²) >= 11 is 6.41. The number of carbonyl (C=O) groups is 1. The van der Waals surface area contributed by atoms with Crippen molar-refractivity contribution in [3.05, 3.63) is 53.1 Å². The standard InChI is InChI=1S/C20H24ClN3O3/c1-26-16-7-5-15(6-8-16)13-23-19(25)14-22-18-4-2-3-17(21)20(18)24-9-11-27-12-10-24/h2-8,22H,9-14H2,1H3,(H,23,25). The Morgan fingerprint density at radius 3 is 2.63 bits per heavy atom. The highest BCUT2D eigenvalue weighted by atomic mass is 35.5. The first kappa shape index (κ1) is 19.3. The Morgan fingerprint density at radius 2 is 1.93 bits per heavy atom. The Labute approximate surface area is 164 Å². The van der Waals surface area contributed by atoms with Crippen molar-refractivity contribution < 1.29 is 14.3 Å². The lowest BCUT2D eigenvalue weighted by Crippen LogP contribution is -2.37. The number of amides is 1. The summed E-state index contributed by atoms with van der Waals surface area (Å²) in [6.07, 6.45) is 0. The molecule has 0 unspecified atom stereocenters. The molecule has 2 aromatic carbocycles. The second-order valence-electron chi connectivity index (χ2n) is 6.21. The fourth-order valence-corrected chi connectivity index (χ4v) is 3.24. The van der Waals surface area contributed by atoms with Gasteiger partial charge in [-0.3, -0.25) is 4.79 Å². The number of hydrogen-bond acceptors (Lipinski definition) is 5. The summed E-state index contributed by atoms with van der Waals surface area (Å²) in [7, 11) is 1.63. The van der Waals surface area contributed by atoms with Crippen molar-refractivity contribution in [1.82, 2.24) is 5.32 Å². The molecule has 1 saturated heterocycles. The van der Waals surface area contributed by atoms with E-state index in [1.165, 1.54) is 0 Å². The summed E-state index contributed by atoms with van der Waals surface area (Å²) in [6, 6.07) is 13.3. The normalized spacial score (nSPS) is 13.9. The highest BCUT2D eigenvalue weighted by Gasteiger charge is 2.18. The molecule has 1 fully saturated rings. The third-order valence-corrected chi connectivity index (χ3v) is 4.71. The maximum Gasteiger partial charge on any atom is 0.239 e. The molecule has 1 aliphatic heterocycles. The van der Waals surface area contributed by atoms with Gasteiger partial charge in [-0.15, -0.1) is 0 Å². The van der Waals surface area contributed by atoms with Gasteiger partial charge in [-0.25, -0.2) is 0 Å². The molecule has 2 aromatic rings. The fraction of sp³-hybridized carbons (Fsp3) is 0.350. The lowest BCUT2D eigenvalue weighted by molar-refractivity contribution is -0.119. The zero-order valence-corrected chi connectivity index (χ0v) is 16.1. The zero-order chi connectivity index (χ0) is 19.1. The van der Waals surface area contributed by atoms with Crippen LogP contribution in [0.3, 0.4) is 0 Å². The van der Waals surface area contributed by atoms with E-state index in [1.54, 1.807) is 7.11 Å². The smallest absolute Gasteiger partial charge is 0.239 e. The predicted octanol–water partition coefficient (Wildman–Crippen LogP) is 2.91. The lowest BCUT2D eigenvalue weighted by atomic mass is 10.2. The minimum atomic E-state index is -0.0845. The first-order chi connectivity index (χ1) is 13.2. The average molecular weight is 390 g/mol. The number of nitrogens with zero attached hydrogens (tertiary/aromatic N) is 1. The number of methoxy groups -OCH3 is 1. The van der Waals surface area contributed by atoms with Gasteiger partial charge in [0.1, 0.15) is 5.75 Å². The zero-order valence-electron chi connectivity index (χ0n) is 15.3. The van der Waals surface area contributed by atoms with E-state index in [9.17, 15) is 4.79 Å². The quantitative estimate of drug-likeness (QED) is 0.762. The Kier molecular flexibility index (Phi) is 6.79. The number of ether oxygens (including phenoxy) is 2. The number of hydrogen-bond donors (Lipinski definition) is 2. The highest BCUT2D eigenvalue weighted by molar-refractivity contribution is 6.34. The van der Waals surface area contributed by atoms with E-state index in [0.29, 0.717) is 24.8 Å². The van der Waals surface area contributed by atoms with Gasteiger partial charge in [-0.2, -0.15) is 0 Å². The summed E-state index contributed by atoms with van der Waals surface area (Å²) in [4.78, 5) is 14.4. The van der Waals surface area contributed by atoms with Gasteiger partial charge in [0.2, 0.25) is 5.91 Å². The van der Waals surface area contributed by atoms with Gasteiger partial charge in [0, 0.05) is 19.6 Å². The number of rotatable bonds is 7. The minimum absolute atomic E-state index is 0.0845. The molecule has 0 atom stereocenters. The van der Waals surface area contributed by atoms with Crippen LogP contribution in [0.25, 0.3) is 0 Å². The summed E-state index contributed by atoms with van der Waals surface area (Å²) in [5.41, 5.74) is 2.79. The van der Waals surface area contributed by atoms with Crippen LogP contribution in [0.15, 0.2) is 42.5 Å². The van der Waals surface area contributed by atoms with E-state index in [-0.39, 0.29) is 12.5 Å². The third kappa shape index (κ3) is 5.28. The van der Waals surface area contributed by atoms with Crippen LogP contribution in [-0.4, -0.2) is 45.9 Å². The van der Waals surface area contributed by atoms with Crippen molar-refractivity contribution in [2.75, 3.05) is 50.2 Å². The lowest BCUT2D eigenvalue weighted by Gasteiger charge is -2.31. The Bertz CT molecular complexity index is 762. The monoisotopic (exact) mass is 389 g/mol. The number of para-hydroxylation sites is 1. The Balaban J connectivity index is 1.56. The van der Waals surface area contributed by atoms with Gasteiger partial charge in [0.05, 0.1) is 43.3 Å². The van der Waals surface area contributed by atoms with E-state index in [2.05, 4.69) is 15.5 Å². The number of anilines is 2. The van der Waals surface area contributed by atoms with Crippen molar-refractivity contribution >= 4 is 28.9 Å². The fourth-order valence-electron chi connectivity index (χ4n) is 2.95. The predicted molar refractivity (Wildman–Crippen MR) is 108 cm³/mol. The molecule has 144 valence electrons. The van der Waals surface area contributed by atoms with E-state index in [4.69, 9.17) is 21.1 Å². The molecule has 7 heteroatoms. The molecule has 2 N–H and O–H groups in total. The van der Waals surface area contributed by atoms with Crippen LogP contribution < -0.4 is 20.3 Å². The van der Waals surface area contributed by atoms with Crippen LogP contribution in [0.2, 0.25) is 5.02 Å². The van der Waals surface area contributed by atoms with Crippen LogP contribution in [-0.2, 0) is 16.1 Å². The number of carbonyl (C=O) groups excluding carboxylic acids is 1. The van der Waals surface area contributed by atoms with Gasteiger partial charge in [0.15, 0.2) is 0 Å². The molecule has 0 spiro atoms. The molecule has 27 heavy (non-hydrogen) atoms. The number of halogens is 1. The van der Waals surface area contributed by atoms with Crippen LogP contribution >= 0.6 is 11.6 Å². The number of benzene rings is 2. The van der Waals surface area contributed by atoms with Crippen molar-refractivity contribution in [2.45, 2.75) is 6.54 Å². The highest BCUT2D eigenvalue weighted by Crippen LogP contribution is 2.34. The molecular weight excluding hydrogens is 366 g/mol. The molecule has 0 saturated carbocycles. The largest absolute Gasteiger partial charge is 0.497 e. The third-order valence-electron chi connectivity index (χ3n) is 4.40. The molecule has 0 radical (unpaired) electrons. The summed E-state index contributed by atoms with van der Waals surface area (Å²) in [5.74, 6) is 0.710. The topological polar surface area (TPSA) is 62.8 Å². The van der Waals surface area contributed by atoms with Crippen molar-refractivity contribution in [1.29, 1.82) is 0 Å². The Morgan fingerprint density at radius 1 is 1.19 bits per heavy atom. The average Bonchev–Trinajstić information content (AvgIpc) is 2.71. The SMILES string of the molecule is COc1ccc(CNC(=O)CNc2cccc(Cl)c2N2CCOCC2)cc1. The maximum absolute atomic E-state index is 12.2. The van der Waals surface area contributed by atoms with Crippen LogP contribution in [0.1, 0.15) is 5.56 Å². The minimum Gasteiger partial charge on any atom is -0.497 e. The second kappa shape index (κ2) is 9.48. The van der Waals surface area contributed by atoms with E-state index < -0.39 is 0 Å². The first-order valence-corrected chi connectivity index (χ1v) is 9.30. The van der Waals surface area contributed by atoms with Gasteiger partial charge < -0.3 is 25.0 Å². The van der Waals surface area contributed by atoms with Crippen LogP contribution in [0, 0.1) is 0 Å². The van der Waals surface area contributed by atoms with Gasteiger partial charge in [0.25, 0.3) is 0 Å². The van der Waals surface area contributed by atoms with Gasteiger partial charge >= 0.3 is 0 Å². The molecule has 0 aromatic heterocycles. The van der Waals surface area contributed by atoms with Crippen LogP contribution in [0.5, 0.6) is 5.75 Å². The maximum atomic E-state index is 12.2. The number of morpholine rings is 1. The second-order valence-corrected chi connectivity index (χ2v) is 6.62. The van der Waals surface area contributed by atoms with E-state index in [0.717, 1.165) is 35.8 Å². The Hall–Kier alpha value is -2.44. The van der Waals surface area contributed by atoms with Crippen LogP contribution in [0.4, 0.5) is 11.4 Å². The van der Waals surface area contributed by atoms with E-state index >= 15 is 0 Å². The molecule has 0 aliphatic carbocycles. The molecule has 1 heterocycles. The summed E-state index contributed by atoms with van der Waals surface area (Å²) in [5, 5.41) is 6.79. The van der Waals surface area contributed by atoms with Crippen molar-refractivity contribution in [3.8, 4) is 5.75 Å². The molecule has 6 nitrogen and oxygen atoms in total. The van der Waals surface area contributed by atoms with Gasteiger partial charge in [-0.05, 0) is 29.8 Å². The van der Waals surface area contributed by atoms with Gasteiger partial charge in [-0.1, -0.05) is 29.8 Å². The molecular formula is C20H24ClN3O3. The molecule has 3 rings (SSSR count). The molecule has 1 aliphatic rings.